The van der Waals surface area contributed by atoms with E-state index >= 15 is 0 Å². The quantitative estimate of drug-likeness (QED) is 0.640. The minimum Gasteiger partial charge on any atom is -0.494 e. The Morgan fingerprint density at radius 2 is 1.36 bits per heavy atom. The highest BCUT2D eigenvalue weighted by molar-refractivity contribution is 8.13. The fourth-order valence-corrected chi connectivity index (χ4v) is 3.47. The summed E-state index contributed by atoms with van der Waals surface area (Å²) in [6.07, 6.45) is 0. The van der Waals surface area contributed by atoms with Crippen LogP contribution in [0.2, 0.25) is 0 Å². The van der Waals surface area contributed by atoms with Crippen LogP contribution in [0.5, 0.6) is 11.5 Å². The molecule has 12 heteroatoms. The lowest BCUT2D eigenvalue weighted by Crippen LogP contribution is -2.05. The van der Waals surface area contributed by atoms with Gasteiger partial charge in [0.15, 0.2) is 33.0 Å². The van der Waals surface area contributed by atoms with Crippen LogP contribution in [0.4, 0.5) is 8.78 Å². The highest BCUT2D eigenvalue weighted by Crippen LogP contribution is 2.23. The Labute approximate surface area is 165 Å². The number of sulfone groups is 1. The van der Waals surface area contributed by atoms with Gasteiger partial charge in [0, 0.05) is 10.7 Å². The number of ether oxygens (including phenoxy) is 2. The molecular formula is C16H14ClF2NO6S2. The van der Waals surface area contributed by atoms with Gasteiger partial charge in [0.2, 0.25) is 0 Å². The molecule has 0 spiro atoms. The van der Waals surface area contributed by atoms with Crippen LogP contribution in [0.1, 0.15) is 0 Å². The van der Waals surface area contributed by atoms with Crippen molar-refractivity contribution >= 4 is 29.6 Å². The number of nitriles is 1. The molecule has 0 amide bonds. The van der Waals surface area contributed by atoms with Gasteiger partial charge >= 0.3 is 0 Å². The van der Waals surface area contributed by atoms with E-state index in [4.69, 9.17) is 15.9 Å². The molecule has 152 valence electrons. The molecule has 0 radical (unpaired) electrons. The van der Waals surface area contributed by atoms with Crippen LogP contribution >= 0.6 is 10.7 Å². The maximum Gasteiger partial charge on any atom is 0.261 e. The monoisotopic (exact) mass is 453 g/mol. The van der Waals surface area contributed by atoms with Crippen molar-refractivity contribution in [3.8, 4) is 17.6 Å². The SMILES string of the molecule is COc1ccc(S(=O)(=O)CC#N)cc1F.COc1ccc(S(=O)(=O)Cl)cc1F. The lowest BCUT2D eigenvalue weighted by Gasteiger charge is -2.04. The average molecular weight is 454 g/mol. The Morgan fingerprint density at radius 1 is 0.929 bits per heavy atom. The molecule has 0 heterocycles. The molecule has 2 rings (SSSR count). The Bertz CT molecular complexity index is 1100. The predicted octanol–water partition coefficient (Wildman–Crippen LogP) is 2.89. The van der Waals surface area contributed by atoms with Crippen LogP contribution in [0, 0.1) is 23.0 Å². The van der Waals surface area contributed by atoms with E-state index in [1.807, 2.05) is 0 Å². The first-order valence-corrected chi connectivity index (χ1v) is 11.1. The van der Waals surface area contributed by atoms with Crippen molar-refractivity contribution in [3.63, 3.8) is 0 Å². The smallest absolute Gasteiger partial charge is 0.261 e. The van der Waals surface area contributed by atoms with Crippen molar-refractivity contribution in [1.29, 1.82) is 5.26 Å². The second-order valence-electron chi connectivity index (χ2n) is 4.95. The van der Waals surface area contributed by atoms with Crippen LogP contribution in [0.25, 0.3) is 0 Å². The summed E-state index contributed by atoms with van der Waals surface area (Å²) >= 11 is 0. The number of halogens is 3. The van der Waals surface area contributed by atoms with Gasteiger partial charge in [0.1, 0.15) is 5.75 Å². The van der Waals surface area contributed by atoms with Crippen LogP contribution in [0.15, 0.2) is 46.2 Å². The van der Waals surface area contributed by atoms with Crippen molar-refractivity contribution in [3.05, 3.63) is 48.0 Å². The third-order valence-electron chi connectivity index (χ3n) is 3.14. The van der Waals surface area contributed by atoms with Crippen molar-refractivity contribution in [2.75, 3.05) is 20.0 Å². The van der Waals surface area contributed by atoms with E-state index in [1.165, 1.54) is 44.6 Å². The Balaban J connectivity index is 0.000000283. The minimum atomic E-state index is -3.87. The topological polar surface area (TPSA) is 111 Å². The molecule has 0 aliphatic carbocycles. The highest BCUT2D eigenvalue weighted by Gasteiger charge is 2.16. The summed E-state index contributed by atoms with van der Waals surface area (Å²) in [5, 5.41) is 8.29. The zero-order chi connectivity index (χ0) is 21.5. The molecule has 0 N–H and O–H groups in total. The van der Waals surface area contributed by atoms with E-state index in [-0.39, 0.29) is 21.3 Å². The normalized spacial score (nSPS) is 11.0. The first kappa shape index (κ1) is 23.6. The van der Waals surface area contributed by atoms with Crippen molar-refractivity contribution in [1.82, 2.24) is 0 Å². The fourth-order valence-electron chi connectivity index (χ4n) is 1.81. The lowest BCUT2D eigenvalue weighted by atomic mass is 10.3. The Hall–Kier alpha value is -2.42. The number of nitrogens with zero attached hydrogens (tertiary/aromatic N) is 1. The van der Waals surface area contributed by atoms with Gasteiger partial charge in [-0.05, 0) is 36.4 Å². The molecule has 0 atom stereocenters. The second-order valence-corrected chi connectivity index (χ2v) is 9.50. The van der Waals surface area contributed by atoms with Gasteiger partial charge in [-0.3, -0.25) is 0 Å². The third kappa shape index (κ3) is 6.33. The van der Waals surface area contributed by atoms with Crippen molar-refractivity contribution in [2.45, 2.75) is 9.79 Å². The average Bonchev–Trinajstić information content (AvgIpc) is 2.61. The largest absolute Gasteiger partial charge is 0.494 e. The van der Waals surface area contributed by atoms with E-state index in [2.05, 4.69) is 9.47 Å². The molecule has 28 heavy (non-hydrogen) atoms. The molecule has 0 aliphatic rings. The number of rotatable bonds is 5. The Kier molecular flexibility index (Phi) is 8.16. The van der Waals surface area contributed by atoms with Gasteiger partial charge < -0.3 is 9.47 Å². The van der Waals surface area contributed by atoms with E-state index in [0.717, 1.165) is 12.1 Å². The molecule has 0 aliphatic heterocycles. The van der Waals surface area contributed by atoms with Gasteiger partial charge in [-0.15, -0.1) is 0 Å². The van der Waals surface area contributed by atoms with Gasteiger partial charge in [-0.1, -0.05) is 0 Å². The van der Waals surface area contributed by atoms with Gasteiger partial charge in [-0.25, -0.2) is 25.6 Å². The predicted molar refractivity (Wildman–Crippen MR) is 96.6 cm³/mol. The van der Waals surface area contributed by atoms with Crippen molar-refractivity contribution in [2.24, 2.45) is 0 Å². The summed E-state index contributed by atoms with van der Waals surface area (Å²) in [6, 6.07) is 7.94. The molecule has 2 aromatic rings. The zero-order valence-electron chi connectivity index (χ0n) is 14.5. The first-order chi connectivity index (χ1) is 13.0. The molecule has 0 bridgehead atoms. The number of hydrogen-bond donors (Lipinski definition) is 0. The summed E-state index contributed by atoms with van der Waals surface area (Å²) in [4.78, 5) is -0.505. The number of hydrogen-bond acceptors (Lipinski definition) is 7. The molecule has 2 aromatic carbocycles. The number of benzene rings is 2. The first-order valence-electron chi connectivity index (χ1n) is 7.17. The summed E-state index contributed by atoms with van der Waals surface area (Å²) in [5.41, 5.74) is 0. The van der Waals surface area contributed by atoms with Crippen LogP contribution in [-0.2, 0) is 18.9 Å². The maximum absolute atomic E-state index is 13.1. The summed E-state index contributed by atoms with van der Waals surface area (Å²) in [6.45, 7) is 0. The minimum absolute atomic E-state index is 0.0240. The lowest BCUT2D eigenvalue weighted by molar-refractivity contribution is 0.385. The Morgan fingerprint density at radius 3 is 1.71 bits per heavy atom. The van der Waals surface area contributed by atoms with Crippen molar-refractivity contribution < 1.29 is 35.1 Å². The standard InChI is InChI=1S/C9H8FNO3S.C7H6ClFO3S/c1-14-9-3-2-7(6-8(9)10)15(12,13)5-4-11;1-12-7-3-2-5(4-6(7)9)13(8,10)11/h2-3,6H,5H2,1H3;2-4H,1H3. The highest BCUT2D eigenvalue weighted by atomic mass is 35.7. The van der Waals surface area contributed by atoms with E-state index < -0.39 is 36.3 Å². The van der Waals surface area contributed by atoms with Gasteiger partial charge in [0.05, 0.1) is 30.1 Å². The zero-order valence-corrected chi connectivity index (χ0v) is 16.9. The van der Waals surface area contributed by atoms with Gasteiger partial charge in [-0.2, -0.15) is 5.26 Å². The maximum atomic E-state index is 13.1. The summed E-state index contributed by atoms with van der Waals surface area (Å²) < 4.78 is 79.5. The summed E-state index contributed by atoms with van der Waals surface area (Å²) in [5.74, 6) is -2.26. The number of methoxy groups -OCH3 is 2. The molecule has 0 saturated heterocycles. The molecular weight excluding hydrogens is 440 g/mol. The third-order valence-corrected chi connectivity index (χ3v) is 5.97. The van der Waals surface area contributed by atoms with Crippen LogP contribution in [-0.4, -0.2) is 36.8 Å². The van der Waals surface area contributed by atoms with E-state index in [9.17, 15) is 25.6 Å². The molecule has 7 nitrogen and oxygen atoms in total. The van der Waals surface area contributed by atoms with Crippen LogP contribution < -0.4 is 9.47 Å². The van der Waals surface area contributed by atoms with E-state index in [1.54, 1.807) is 0 Å². The molecule has 0 unspecified atom stereocenters. The second kappa shape index (κ2) is 9.68. The van der Waals surface area contributed by atoms with Gasteiger partial charge in [0.25, 0.3) is 9.05 Å². The molecule has 0 saturated carbocycles. The molecule has 0 aromatic heterocycles. The molecule has 0 fully saturated rings. The fraction of sp³-hybridized carbons (Fsp3) is 0.188. The summed E-state index contributed by atoms with van der Waals surface area (Å²) in [7, 11) is -0.0327. The van der Waals surface area contributed by atoms with Crippen LogP contribution in [0.3, 0.4) is 0 Å². The van der Waals surface area contributed by atoms with E-state index in [0.29, 0.717) is 0 Å².